The second-order valence-electron chi connectivity index (χ2n) is 5.63. The molecule has 0 aliphatic rings. The van der Waals surface area contributed by atoms with Crippen LogP contribution >= 0.6 is 0 Å². The van der Waals surface area contributed by atoms with Gasteiger partial charge in [0.1, 0.15) is 12.1 Å². The molecule has 2 N–H and O–H groups in total. The lowest BCUT2D eigenvalue weighted by Crippen LogP contribution is -2.01. The van der Waals surface area contributed by atoms with Crippen molar-refractivity contribution < 1.29 is 5.11 Å². The fourth-order valence-corrected chi connectivity index (χ4v) is 2.60. The Balaban J connectivity index is 1.74. The first-order valence-corrected chi connectivity index (χ1v) is 7.87. The van der Waals surface area contributed by atoms with Crippen LogP contribution in [0.4, 0.5) is 11.5 Å². The van der Waals surface area contributed by atoms with Crippen molar-refractivity contribution >= 4 is 22.5 Å². The molecule has 0 fully saturated rings. The number of aliphatic hydroxyl groups excluding tert-OH is 1. The summed E-state index contributed by atoms with van der Waals surface area (Å²) >= 11 is 0. The van der Waals surface area contributed by atoms with Gasteiger partial charge in [-0.2, -0.15) is 9.78 Å². The molecule has 124 valence electrons. The smallest absolute Gasteiger partial charge is 0.170 e. The minimum absolute atomic E-state index is 0.529. The quantitative estimate of drug-likeness (QED) is 0.597. The Hall–Kier alpha value is -3.32. The van der Waals surface area contributed by atoms with Crippen LogP contribution < -0.4 is 5.32 Å². The predicted octanol–water partition coefficient (Wildman–Crippen LogP) is 3.01. The molecule has 25 heavy (non-hydrogen) atoms. The Labute approximate surface area is 144 Å². The SMILES string of the molecule is CC(O)c1cccc(Nc2ncnc3c2cnn3-c2ccccn2)c1. The van der Waals surface area contributed by atoms with Gasteiger partial charge in [0.25, 0.3) is 0 Å². The van der Waals surface area contributed by atoms with Gasteiger partial charge in [-0.3, -0.25) is 0 Å². The van der Waals surface area contributed by atoms with Crippen molar-refractivity contribution in [3.05, 3.63) is 66.7 Å². The number of fused-ring (bicyclic) bond motifs is 1. The zero-order chi connectivity index (χ0) is 17.2. The van der Waals surface area contributed by atoms with E-state index in [9.17, 15) is 5.11 Å². The van der Waals surface area contributed by atoms with Crippen LogP contribution in [-0.2, 0) is 0 Å². The monoisotopic (exact) mass is 332 g/mol. The van der Waals surface area contributed by atoms with E-state index in [4.69, 9.17) is 0 Å². The fraction of sp³-hybridized carbons (Fsp3) is 0.111. The van der Waals surface area contributed by atoms with Gasteiger partial charge in [-0.1, -0.05) is 18.2 Å². The molecule has 4 rings (SSSR count). The van der Waals surface area contributed by atoms with Gasteiger partial charge in [0.15, 0.2) is 11.5 Å². The first-order chi connectivity index (χ1) is 12.2. The summed E-state index contributed by atoms with van der Waals surface area (Å²) in [6, 6.07) is 13.2. The molecule has 1 aromatic carbocycles. The molecule has 7 nitrogen and oxygen atoms in total. The molecule has 1 unspecified atom stereocenters. The molecule has 0 saturated heterocycles. The first-order valence-electron chi connectivity index (χ1n) is 7.87. The third kappa shape index (κ3) is 2.92. The minimum atomic E-state index is -0.529. The standard InChI is InChI=1S/C18H16N6O/c1-12(25)13-5-4-6-14(9-13)23-17-15-10-22-24(18(15)21-11-20-17)16-7-2-3-8-19-16/h2-12,25H,1H3,(H,20,21,23). The first kappa shape index (κ1) is 15.2. The highest BCUT2D eigenvalue weighted by Gasteiger charge is 2.12. The second-order valence-corrected chi connectivity index (χ2v) is 5.63. The summed E-state index contributed by atoms with van der Waals surface area (Å²) < 4.78 is 1.68. The maximum Gasteiger partial charge on any atom is 0.170 e. The highest BCUT2D eigenvalue weighted by atomic mass is 16.3. The number of hydrogen-bond acceptors (Lipinski definition) is 6. The average Bonchev–Trinajstić information content (AvgIpc) is 3.08. The molecule has 4 aromatic rings. The van der Waals surface area contributed by atoms with Gasteiger partial charge in [-0.05, 0) is 36.8 Å². The predicted molar refractivity (Wildman–Crippen MR) is 94.8 cm³/mol. The number of benzene rings is 1. The van der Waals surface area contributed by atoms with Gasteiger partial charge in [0, 0.05) is 11.9 Å². The molecule has 3 aromatic heterocycles. The van der Waals surface area contributed by atoms with Gasteiger partial charge >= 0.3 is 0 Å². The van der Waals surface area contributed by atoms with Crippen LogP contribution in [0.25, 0.3) is 16.9 Å². The molecule has 0 amide bonds. The summed E-state index contributed by atoms with van der Waals surface area (Å²) in [6.45, 7) is 1.74. The number of hydrogen-bond donors (Lipinski definition) is 2. The van der Waals surface area contributed by atoms with Crippen molar-refractivity contribution in [1.29, 1.82) is 0 Å². The van der Waals surface area contributed by atoms with Gasteiger partial charge < -0.3 is 10.4 Å². The van der Waals surface area contributed by atoms with Crippen molar-refractivity contribution in [2.75, 3.05) is 5.32 Å². The van der Waals surface area contributed by atoms with Crippen molar-refractivity contribution in [3.8, 4) is 5.82 Å². The van der Waals surface area contributed by atoms with Gasteiger partial charge in [0.05, 0.1) is 17.7 Å². The van der Waals surface area contributed by atoms with Crippen molar-refractivity contribution in [2.24, 2.45) is 0 Å². The molecule has 7 heteroatoms. The maximum absolute atomic E-state index is 9.74. The topological polar surface area (TPSA) is 88.8 Å². The number of aliphatic hydroxyl groups is 1. The molecular weight excluding hydrogens is 316 g/mol. The summed E-state index contributed by atoms with van der Waals surface area (Å²) in [7, 11) is 0. The number of nitrogens with one attached hydrogen (secondary N) is 1. The number of aromatic nitrogens is 5. The van der Waals surface area contributed by atoms with E-state index in [1.54, 1.807) is 24.0 Å². The lowest BCUT2D eigenvalue weighted by atomic mass is 10.1. The van der Waals surface area contributed by atoms with Crippen LogP contribution in [0.5, 0.6) is 0 Å². The molecule has 0 saturated carbocycles. The Morgan fingerprint density at radius 3 is 2.80 bits per heavy atom. The number of nitrogens with zero attached hydrogens (tertiary/aromatic N) is 5. The van der Waals surface area contributed by atoms with Crippen LogP contribution in [0.15, 0.2) is 61.2 Å². The van der Waals surface area contributed by atoms with Crippen LogP contribution in [-0.4, -0.2) is 29.8 Å². The third-order valence-corrected chi connectivity index (χ3v) is 3.86. The van der Waals surface area contributed by atoms with E-state index in [0.29, 0.717) is 17.3 Å². The molecule has 0 radical (unpaired) electrons. The second kappa shape index (κ2) is 6.29. The normalized spacial score (nSPS) is 12.2. The van der Waals surface area contributed by atoms with E-state index in [2.05, 4.69) is 25.4 Å². The van der Waals surface area contributed by atoms with E-state index >= 15 is 0 Å². The van der Waals surface area contributed by atoms with E-state index in [0.717, 1.165) is 16.6 Å². The zero-order valence-corrected chi connectivity index (χ0v) is 13.5. The maximum atomic E-state index is 9.74. The third-order valence-electron chi connectivity index (χ3n) is 3.86. The Morgan fingerprint density at radius 2 is 2.00 bits per heavy atom. The minimum Gasteiger partial charge on any atom is -0.389 e. The summed E-state index contributed by atoms with van der Waals surface area (Å²) in [5.41, 5.74) is 2.34. The molecule has 0 aliphatic heterocycles. The van der Waals surface area contributed by atoms with Gasteiger partial charge in [0.2, 0.25) is 0 Å². The van der Waals surface area contributed by atoms with Crippen LogP contribution in [0, 0.1) is 0 Å². The Morgan fingerprint density at radius 1 is 1.08 bits per heavy atom. The lowest BCUT2D eigenvalue weighted by Gasteiger charge is -2.10. The van der Waals surface area contributed by atoms with Crippen molar-refractivity contribution in [2.45, 2.75) is 13.0 Å². The van der Waals surface area contributed by atoms with E-state index < -0.39 is 6.10 Å². The molecule has 0 spiro atoms. The van der Waals surface area contributed by atoms with E-state index in [-0.39, 0.29) is 0 Å². The van der Waals surface area contributed by atoms with Crippen LogP contribution in [0.2, 0.25) is 0 Å². The summed E-state index contributed by atoms with van der Waals surface area (Å²) in [4.78, 5) is 13.0. The number of anilines is 2. The van der Waals surface area contributed by atoms with Gasteiger partial charge in [-0.25, -0.2) is 15.0 Å². The van der Waals surface area contributed by atoms with Gasteiger partial charge in [-0.15, -0.1) is 0 Å². The molecule has 1 atom stereocenters. The fourth-order valence-electron chi connectivity index (χ4n) is 2.60. The summed E-state index contributed by atoms with van der Waals surface area (Å²) in [5, 5.41) is 18.2. The van der Waals surface area contributed by atoms with Crippen molar-refractivity contribution in [3.63, 3.8) is 0 Å². The number of pyridine rings is 1. The highest BCUT2D eigenvalue weighted by molar-refractivity contribution is 5.88. The van der Waals surface area contributed by atoms with Crippen molar-refractivity contribution in [1.82, 2.24) is 24.7 Å². The molecule has 0 bridgehead atoms. The highest BCUT2D eigenvalue weighted by Crippen LogP contribution is 2.25. The van der Waals surface area contributed by atoms with E-state index in [1.807, 2.05) is 42.5 Å². The average molecular weight is 332 g/mol. The number of rotatable bonds is 4. The molecular formula is C18H16N6O. The molecule has 3 heterocycles. The lowest BCUT2D eigenvalue weighted by molar-refractivity contribution is 0.199. The Kier molecular flexibility index (Phi) is 3.83. The Bertz CT molecular complexity index is 1010. The van der Waals surface area contributed by atoms with Crippen LogP contribution in [0.1, 0.15) is 18.6 Å². The largest absolute Gasteiger partial charge is 0.389 e. The zero-order valence-electron chi connectivity index (χ0n) is 13.5. The van der Waals surface area contributed by atoms with E-state index in [1.165, 1.54) is 6.33 Å². The summed E-state index contributed by atoms with van der Waals surface area (Å²) in [5.74, 6) is 1.34. The molecule has 0 aliphatic carbocycles. The van der Waals surface area contributed by atoms with Crippen LogP contribution in [0.3, 0.4) is 0 Å². The summed E-state index contributed by atoms with van der Waals surface area (Å²) in [6.07, 6.45) is 4.39.